The van der Waals surface area contributed by atoms with Crippen LogP contribution in [0.1, 0.15) is 17.0 Å². The second kappa shape index (κ2) is 8.66. The summed E-state index contributed by atoms with van der Waals surface area (Å²) in [5, 5.41) is 13.0. The number of carbonyl (C=O) groups is 1. The van der Waals surface area contributed by atoms with Crippen LogP contribution in [-0.2, 0) is 11.3 Å². The topological polar surface area (TPSA) is 136 Å². The smallest absolute Gasteiger partial charge is 0.341 e. The largest absolute Gasteiger partial charge is 0.480 e. The fourth-order valence-corrected chi connectivity index (χ4v) is 2.89. The van der Waals surface area contributed by atoms with Crippen molar-refractivity contribution in [2.75, 3.05) is 11.9 Å². The minimum Gasteiger partial charge on any atom is -0.480 e. The summed E-state index contributed by atoms with van der Waals surface area (Å²) in [6.45, 7) is 3.67. The molecule has 0 atom stereocenters. The summed E-state index contributed by atoms with van der Waals surface area (Å²) < 4.78 is 5.50. The first-order chi connectivity index (χ1) is 15.0. The van der Waals surface area contributed by atoms with Gasteiger partial charge in [0.1, 0.15) is 29.2 Å². The van der Waals surface area contributed by atoms with Crippen LogP contribution in [0.25, 0.3) is 22.3 Å². The number of benzene rings is 1. The van der Waals surface area contributed by atoms with Gasteiger partial charge in [-0.15, -0.1) is 0 Å². The fourth-order valence-electron chi connectivity index (χ4n) is 2.89. The second-order valence-corrected chi connectivity index (χ2v) is 6.85. The molecule has 31 heavy (non-hydrogen) atoms. The Labute approximate surface area is 177 Å². The van der Waals surface area contributed by atoms with Crippen LogP contribution in [0, 0.1) is 13.8 Å². The number of fused-ring (bicyclic) bond motifs is 1. The normalized spacial score (nSPS) is 10.8. The molecule has 0 saturated heterocycles. The average Bonchev–Trinajstić information content (AvgIpc) is 2.77. The van der Waals surface area contributed by atoms with Crippen molar-refractivity contribution in [1.82, 2.24) is 29.9 Å². The van der Waals surface area contributed by atoms with E-state index in [9.17, 15) is 4.79 Å². The van der Waals surface area contributed by atoms with Crippen LogP contribution in [0.2, 0.25) is 0 Å². The number of nitrogens with one attached hydrogen (secondary N) is 1. The van der Waals surface area contributed by atoms with E-state index in [0.717, 1.165) is 11.1 Å². The van der Waals surface area contributed by atoms with Gasteiger partial charge in [0.2, 0.25) is 0 Å². The van der Waals surface area contributed by atoms with E-state index in [1.165, 1.54) is 6.33 Å². The minimum absolute atomic E-state index is 0.309. The molecular formula is C21H19N7O3. The van der Waals surface area contributed by atoms with Crippen LogP contribution in [0.3, 0.4) is 0 Å². The molecule has 4 aromatic rings. The zero-order valence-corrected chi connectivity index (χ0v) is 16.9. The Hall–Kier alpha value is -4.21. The highest BCUT2D eigenvalue weighted by Gasteiger charge is 2.15. The quantitative estimate of drug-likeness (QED) is 0.461. The number of carboxylic acid groups (broad SMARTS) is 1. The number of aromatic nitrogens is 6. The van der Waals surface area contributed by atoms with Gasteiger partial charge in [0, 0.05) is 47.8 Å². The molecule has 0 aliphatic heterocycles. The lowest BCUT2D eigenvalue weighted by atomic mass is 10.1. The molecule has 0 bridgehead atoms. The molecule has 10 heteroatoms. The summed E-state index contributed by atoms with van der Waals surface area (Å²) in [6.07, 6.45) is 8.30. The zero-order valence-electron chi connectivity index (χ0n) is 16.9. The van der Waals surface area contributed by atoms with Gasteiger partial charge in [-0.05, 0) is 31.5 Å². The minimum atomic E-state index is -1.09. The van der Waals surface area contributed by atoms with Crippen LogP contribution < -0.4 is 10.1 Å². The molecule has 2 N–H and O–H groups in total. The molecule has 3 aromatic heterocycles. The van der Waals surface area contributed by atoms with Crippen molar-refractivity contribution < 1.29 is 14.6 Å². The van der Waals surface area contributed by atoms with E-state index in [2.05, 4.69) is 35.2 Å². The molecule has 0 saturated carbocycles. The maximum absolute atomic E-state index is 11.0. The third-order valence-electron chi connectivity index (χ3n) is 4.39. The SMILES string of the molecule is Cc1cnc(-c2cc(OCC(=O)O)c3ncnc(NCc4cnc(C)nc4)c3c2)nc1. The molecule has 156 valence electrons. The van der Waals surface area contributed by atoms with Gasteiger partial charge in [-0.3, -0.25) is 0 Å². The van der Waals surface area contributed by atoms with E-state index >= 15 is 0 Å². The molecule has 0 unspecified atom stereocenters. The Kier molecular flexibility index (Phi) is 5.61. The number of aliphatic carboxylic acids is 1. The number of hydrogen-bond acceptors (Lipinski definition) is 9. The maximum atomic E-state index is 11.0. The van der Waals surface area contributed by atoms with Crippen molar-refractivity contribution in [3.8, 4) is 17.1 Å². The predicted molar refractivity (Wildman–Crippen MR) is 113 cm³/mol. The van der Waals surface area contributed by atoms with Crippen molar-refractivity contribution in [2.24, 2.45) is 0 Å². The van der Waals surface area contributed by atoms with Gasteiger partial charge in [0.25, 0.3) is 0 Å². The Morgan fingerprint density at radius 2 is 1.74 bits per heavy atom. The van der Waals surface area contributed by atoms with Gasteiger partial charge in [0.15, 0.2) is 12.4 Å². The van der Waals surface area contributed by atoms with Crippen LogP contribution >= 0.6 is 0 Å². The lowest BCUT2D eigenvalue weighted by Crippen LogP contribution is -2.10. The highest BCUT2D eigenvalue weighted by Crippen LogP contribution is 2.33. The van der Waals surface area contributed by atoms with Crippen LogP contribution in [0.15, 0.2) is 43.2 Å². The lowest BCUT2D eigenvalue weighted by Gasteiger charge is -2.13. The van der Waals surface area contributed by atoms with Crippen molar-refractivity contribution in [3.63, 3.8) is 0 Å². The second-order valence-electron chi connectivity index (χ2n) is 6.85. The van der Waals surface area contributed by atoms with Gasteiger partial charge in [-0.1, -0.05) is 0 Å². The standard InChI is InChI=1S/C21H19N7O3/c1-12-5-24-20(25-6-12)15-3-16-19(17(4-15)31-10-18(29)30)27-11-28-21(16)26-9-14-7-22-13(2)23-8-14/h3-8,11H,9-10H2,1-2H3,(H,29,30)(H,26,27,28). The molecule has 0 fully saturated rings. The van der Waals surface area contributed by atoms with Crippen LogP contribution in [0.4, 0.5) is 5.82 Å². The number of ether oxygens (including phenoxy) is 1. The third kappa shape index (κ3) is 4.69. The van der Waals surface area contributed by atoms with Crippen molar-refractivity contribution in [3.05, 3.63) is 60.2 Å². The van der Waals surface area contributed by atoms with E-state index < -0.39 is 12.6 Å². The predicted octanol–water partition coefficient (Wildman–Crippen LogP) is 2.57. The maximum Gasteiger partial charge on any atom is 0.341 e. The zero-order chi connectivity index (χ0) is 21.8. The molecule has 4 rings (SSSR count). The van der Waals surface area contributed by atoms with E-state index in [1.807, 2.05) is 19.9 Å². The monoisotopic (exact) mass is 417 g/mol. The van der Waals surface area contributed by atoms with Crippen LogP contribution in [-0.4, -0.2) is 47.6 Å². The number of hydrogen-bond donors (Lipinski definition) is 2. The van der Waals surface area contributed by atoms with E-state index in [1.54, 1.807) is 30.9 Å². The van der Waals surface area contributed by atoms with Crippen molar-refractivity contribution in [2.45, 2.75) is 20.4 Å². The summed E-state index contributed by atoms with van der Waals surface area (Å²) in [4.78, 5) is 36.8. The Morgan fingerprint density at radius 1 is 1.00 bits per heavy atom. The summed E-state index contributed by atoms with van der Waals surface area (Å²) in [6, 6.07) is 3.53. The van der Waals surface area contributed by atoms with Gasteiger partial charge < -0.3 is 15.2 Å². The molecule has 0 amide bonds. The lowest BCUT2D eigenvalue weighted by molar-refractivity contribution is -0.139. The fraction of sp³-hybridized carbons (Fsp3) is 0.190. The van der Waals surface area contributed by atoms with Crippen LogP contribution in [0.5, 0.6) is 5.75 Å². The summed E-state index contributed by atoms with van der Waals surface area (Å²) in [5.74, 6) is 0.952. The summed E-state index contributed by atoms with van der Waals surface area (Å²) in [7, 11) is 0. The highest BCUT2D eigenvalue weighted by molar-refractivity contribution is 5.96. The Morgan fingerprint density at radius 3 is 2.45 bits per heavy atom. The summed E-state index contributed by atoms with van der Waals surface area (Å²) >= 11 is 0. The third-order valence-corrected chi connectivity index (χ3v) is 4.39. The number of nitrogens with zero attached hydrogens (tertiary/aromatic N) is 6. The first-order valence-corrected chi connectivity index (χ1v) is 9.43. The number of aryl methyl sites for hydroxylation is 2. The molecule has 0 aliphatic carbocycles. The first kappa shape index (κ1) is 20.1. The molecule has 0 aliphatic rings. The molecule has 0 radical (unpaired) electrons. The van der Waals surface area contributed by atoms with Crippen molar-refractivity contribution >= 4 is 22.7 Å². The number of anilines is 1. The van der Waals surface area contributed by atoms with E-state index in [-0.39, 0.29) is 0 Å². The highest BCUT2D eigenvalue weighted by atomic mass is 16.5. The molecule has 10 nitrogen and oxygen atoms in total. The molecule has 1 aromatic carbocycles. The van der Waals surface area contributed by atoms with Gasteiger partial charge in [0.05, 0.1) is 0 Å². The molecule has 3 heterocycles. The van der Waals surface area contributed by atoms with Gasteiger partial charge in [-0.2, -0.15) is 0 Å². The number of rotatable bonds is 7. The summed E-state index contributed by atoms with van der Waals surface area (Å²) in [5.41, 5.74) is 2.95. The van der Waals surface area contributed by atoms with Gasteiger partial charge >= 0.3 is 5.97 Å². The van der Waals surface area contributed by atoms with Gasteiger partial charge in [-0.25, -0.2) is 34.7 Å². The Bertz CT molecular complexity index is 1230. The van der Waals surface area contributed by atoms with E-state index in [4.69, 9.17) is 9.84 Å². The first-order valence-electron chi connectivity index (χ1n) is 9.43. The molecule has 0 spiro atoms. The molecular weight excluding hydrogens is 398 g/mol. The van der Waals surface area contributed by atoms with E-state index in [0.29, 0.717) is 46.2 Å². The Balaban J connectivity index is 1.76. The number of carboxylic acids is 1. The van der Waals surface area contributed by atoms with Crippen molar-refractivity contribution in [1.29, 1.82) is 0 Å². The average molecular weight is 417 g/mol.